The van der Waals surface area contributed by atoms with Gasteiger partial charge in [0, 0.05) is 5.02 Å². The van der Waals surface area contributed by atoms with Gasteiger partial charge in [-0.3, -0.25) is 9.78 Å². The molecule has 5 heteroatoms. The molecule has 0 fully saturated rings. The lowest BCUT2D eigenvalue weighted by molar-refractivity contribution is -0.144. The normalized spacial score (nSPS) is 10.2. The Bertz CT molecular complexity index is 553. The molecule has 0 saturated carbocycles. The van der Waals surface area contributed by atoms with E-state index in [-0.39, 0.29) is 19.0 Å². The average molecular weight is 277 g/mol. The Hall–Kier alpha value is -2.07. The summed E-state index contributed by atoms with van der Waals surface area (Å²) in [4.78, 5) is 15.7. The van der Waals surface area contributed by atoms with Gasteiger partial charge in [0.25, 0.3) is 0 Å². The molecule has 1 aromatic carbocycles. The smallest absolute Gasteiger partial charge is 0.312 e. The van der Waals surface area contributed by atoms with Gasteiger partial charge in [0.15, 0.2) is 0 Å². The van der Waals surface area contributed by atoms with Gasteiger partial charge in [0.05, 0.1) is 24.0 Å². The first-order valence-electron chi connectivity index (χ1n) is 5.74. The molecule has 2 aromatic rings. The van der Waals surface area contributed by atoms with Crippen LogP contribution in [0.3, 0.4) is 0 Å². The van der Waals surface area contributed by atoms with Crippen molar-refractivity contribution in [3.8, 4) is 0 Å². The molecule has 2 rings (SSSR count). The standard InChI is InChI=1S/C14H13ClN2O2/c15-11-3-1-10(2-4-11)9-19-14(18)7-13-6-5-12(16)8-17-13/h1-6,8H,7,9,16H2. The lowest BCUT2D eigenvalue weighted by Crippen LogP contribution is -2.09. The van der Waals surface area contributed by atoms with Crippen molar-refractivity contribution in [3.05, 3.63) is 58.9 Å². The molecule has 0 amide bonds. The van der Waals surface area contributed by atoms with E-state index >= 15 is 0 Å². The molecular weight excluding hydrogens is 264 g/mol. The van der Waals surface area contributed by atoms with Crippen LogP contribution in [-0.2, 0) is 22.6 Å². The Labute approximate surface area is 116 Å². The van der Waals surface area contributed by atoms with Gasteiger partial charge in [-0.1, -0.05) is 23.7 Å². The SMILES string of the molecule is Nc1ccc(CC(=O)OCc2ccc(Cl)cc2)nc1. The maximum atomic E-state index is 11.6. The molecule has 19 heavy (non-hydrogen) atoms. The summed E-state index contributed by atoms with van der Waals surface area (Å²) in [7, 11) is 0. The van der Waals surface area contributed by atoms with Crippen molar-refractivity contribution in [1.29, 1.82) is 0 Å². The van der Waals surface area contributed by atoms with Crippen LogP contribution in [0.15, 0.2) is 42.6 Å². The quantitative estimate of drug-likeness (QED) is 0.872. The molecule has 0 saturated heterocycles. The first-order chi connectivity index (χ1) is 9.13. The lowest BCUT2D eigenvalue weighted by atomic mass is 10.2. The van der Waals surface area contributed by atoms with Crippen molar-refractivity contribution < 1.29 is 9.53 Å². The van der Waals surface area contributed by atoms with Crippen LogP contribution in [0, 0.1) is 0 Å². The summed E-state index contributed by atoms with van der Waals surface area (Å²) < 4.78 is 5.15. The van der Waals surface area contributed by atoms with Crippen molar-refractivity contribution in [1.82, 2.24) is 4.98 Å². The van der Waals surface area contributed by atoms with Gasteiger partial charge in [0.2, 0.25) is 0 Å². The van der Waals surface area contributed by atoms with Gasteiger partial charge in [-0.2, -0.15) is 0 Å². The van der Waals surface area contributed by atoms with Gasteiger partial charge >= 0.3 is 5.97 Å². The van der Waals surface area contributed by atoms with Crippen LogP contribution in [-0.4, -0.2) is 11.0 Å². The Balaban J connectivity index is 1.84. The summed E-state index contributed by atoms with van der Waals surface area (Å²) in [5, 5.41) is 0.654. The zero-order valence-electron chi connectivity index (χ0n) is 10.2. The zero-order chi connectivity index (χ0) is 13.7. The number of ether oxygens (including phenoxy) is 1. The van der Waals surface area contributed by atoms with Crippen LogP contribution in [0.2, 0.25) is 5.02 Å². The second-order valence-corrected chi connectivity index (χ2v) is 4.48. The Morgan fingerprint density at radius 1 is 1.21 bits per heavy atom. The molecule has 1 aromatic heterocycles. The van der Waals surface area contributed by atoms with E-state index < -0.39 is 0 Å². The minimum absolute atomic E-state index is 0.133. The molecule has 0 aliphatic carbocycles. The molecule has 0 aliphatic heterocycles. The number of aromatic nitrogens is 1. The molecule has 0 unspecified atom stereocenters. The minimum Gasteiger partial charge on any atom is -0.461 e. The van der Waals surface area contributed by atoms with E-state index in [4.69, 9.17) is 22.1 Å². The molecule has 0 bridgehead atoms. The minimum atomic E-state index is -0.327. The maximum absolute atomic E-state index is 11.6. The number of nitrogen functional groups attached to an aromatic ring is 1. The van der Waals surface area contributed by atoms with Crippen LogP contribution >= 0.6 is 11.6 Å². The predicted molar refractivity (Wildman–Crippen MR) is 73.6 cm³/mol. The third kappa shape index (κ3) is 4.26. The fraction of sp³-hybridized carbons (Fsp3) is 0.143. The Morgan fingerprint density at radius 3 is 2.58 bits per heavy atom. The second-order valence-electron chi connectivity index (χ2n) is 4.05. The van der Waals surface area contributed by atoms with Crippen LogP contribution < -0.4 is 5.73 Å². The van der Waals surface area contributed by atoms with Gasteiger partial charge < -0.3 is 10.5 Å². The van der Waals surface area contributed by atoms with Crippen molar-refractivity contribution in [3.63, 3.8) is 0 Å². The van der Waals surface area contributed by atoms with Gasteiger partial charge in [-0.25, -0.2) is 0 Å². The number of rotatable bonds is 4. The number of halogens is 1. The first kappa shape index (κ1) is 13.4. The fourth-order valence-corrected chi connectivity index (χ4v) is 1.61. The number of nitrogens with two attached hydrogens (primary N) is 1. The molecule has 98 valence electrons. The van der Waals surface area contributed by atoms with Gasteiger partial charge in [0.1, 0.15) is 6.61 Å². The lowest BCUT2D eigenvalue weighted by Gasteiger charge is -2.05. The maximum Gasteiger partial charge on any atom is 0.312 e. The summed E-state index contributed by atoms with van der Waals surface area (Å²) >= 11 is 5.77. The molecular formula is C14H13ClN2O2. The third-order valence-electron chi connectivity index (χ3n) is 2.49. The van der Waals surface area contributed by atoms with Crippen LogP contribution in [0.25, 0.3) is 0 Å². The average Bonchev–Trinajstić information content (AvgIpc) is 2.41. The molecule has 4 nitrogen and oxygen atoms in total. The van der Waals surface area contributed by atoms with E-state index in [1.807, 2.05) is 12.1 Å². The molecule has 2 N–H and O–H groups in total. The highest BCUT2D eigenvalue weighted by atomic mass is 35.5. The summed E-state index contributed by atoms with van der Waals surface area (Å²) in [5.74, 6) is -0.327. The molecule has 0 atom stereocenters. The van der Waals surface area contributed by atoms with E-state index in [1.165, 1.54) is 6.20 Å². The highest BCUT2D eigenvalue weighted by Gasteiger charge is 2.06. The van der Waals surface area contributed by atoms with Crippen molar-refractivity contribution >= 4 is 23.3 Å². The number of nitrogens with zero attached hydrogens (tertiary/aromatic N) is 1. The van der Waals surface area contributed by atoms with Gasteiger partial charge in [-0.15, -0.1) is 0 Å². The third-order valence-corrected chi connectivity index (χ3v) is 2.74. The number of pyridine rings is 1. The van der Waals surface area contributed by atoms with Crippen molar-refractivity contribution in [2.45, 2.75) is 13.0 Å². The molecule has 1 heterocycles. The number of benzene rings is 1. The topological polar surface area (TPSA) is 65.2 Å². The summed E-state index contributed by atoms with van der Waals surface area (Å²) in [6.45, 7) is 0.227. The first-order valence-corrected chi connectivity index (χ1v) is 6.12. The Kier molecular flexibility index (Phi) is 4.36. The van der Waals surface area contributed by atoms with E-state index in [9.17, 15) is 4.79 Å². The number of anilines is 1. The van der Waals surface area contributed by atoms with Crippen LogP contribution in [0.5, 0.6) is 0 Å². The van der Waals surface area contributed by atoms with Crippen LogP contribution in [0.1, 0.15) is 11.3 Å². The highest BCUT2D eigenvalue weighted by molar-refractivity contribution is 6.30. The second kappa shape index (κ2) is 6.20. The van der Waals surface area contributed by atoms with E-state index in [2.05, 4.69) is 4.98 Å². The largest absolute Gasteiger partial charge is 0.461 e. The highest BCUT2D eigenvalue weighted by Crippen LogP contribution is 2.10. The monoisotopic (exact) mass is 276 g/mol. The molecule has 0 radical (unpaired) electrons. The number of esters is 1. The zero-order valence-corrected chi connectivity index (χ0v) is 10.9. The summed E-state index contributed by atoms with van der Waals surface area (Å²) in [6, 6.07) is 10.6. The van der Waals surface area contributed by atoms with Crippen molar-refractivity contribution in [2.24, 2.45) is 0 Å². The Morgan fingerprint density at radius 2 is 1.95 bits per heavy atom. The van der Waals surface area contributed by atoms with Crippen molar-refractivity contribution in [2.75, 3.05) is 5.73 Å². The molecule has 0 spiro atoms. The van der Waals surface area contributed by atoms with E-state index in [0.717, 1.165) is 5.56 Å². The molecule has 0 aliphatic rings. The fourth-order valence-electron chi connectivity index (χ4n) is 1.48. The number of hydrogen-bond donors (Lipinski definition) is 1. The number of hydrogen-bond acceptors (Lipinski definition) is 4. The van der Waals surface area contributed by atoms with E-state index in [0.29, 0.717) is 16.4 Å². The number of carbonyl (C=O) groups is 1. The summed E-state index contributed by atoms with van der Waals surface area (Å²) in [6.07, 6.45) is 1.65. The van der Waals surface area contributed by atoms with E-state index in [1.54, 1.807) is 24.3 Å². The van der Waals surface area contributed by atoms with Crippen LogP contribution in [0.4, 0.5) is 5.69 Å². The predicted octanol–water partition coefficient (Wildman–Crippen LogP) is 2.60. The van der Waals surface area contributed by atoms with Gasteiger partial charge in [-0.05, 0) is 29.8 Å². The number of carbonyl (C=O) groups excluding carboxylic acids is 1. The summed E-state index contributed by atoms with van der Waals surface area (Å²) in [5.41, 5.74) is 7.61.